The molecule has 0 saturated heterocycles. The summed E-state index contributed by atoms with van der Waals surface area (Å²) in [5, 5.41) is 0.259. The Morgan fingerprint density at radius 1 is 1.30 bits per heavy atom. The summed E-state index contributed by atoms with van der Waals surface area (Å²) in [6.07, 6.45) is 7.19. The largest absolute Gasteiger partial charge is 0.331 e. The first-order valence-electron chi connectivity index (χ1n) is 6.56. The van der Waals surface area contributed by atoms with Crippen molar-refractivity contribution in [2.75, 3.05) is 0 Å². The van der Waals surface area contributed by atoms with Crippen LogP contribution in [-0.2, 0) is 6.54 Å². The standard InChI is InChI=1S/C15H14ClN3O/c16-14-13(4-2-8-18-14)15(20)19(12-5-6-12)10-11-3-1-7-17-9-11/h1-4,7-9,12H,5-6,10H2. The Balaban J connectivity index is 1.84. The fraction of sp³-hybridized carbons (Fsp3) is 0.267. The van der Waals surface area contributed by atoms with Crippen molar-refractivity contribution in [2.45, 2.75) is 25.4 Å². The van der Waals surface area contributed by atoms with E-state index < -0.39 is 0 Å². The van der Waals surface area contributed by atoms with Crippen LogP contribution < -0.4 is 0 Å². The van der Waals surface area contributed by atoms with Crippen LogP contribution in [0.25, 0.3) is 0 Å². The molecule has 1 fully saturated rings. The number of rotatable bonds is 4. The monoisotopic (exact) mass is 287 g/mol. The van der Waals surface area contributed by atoms with E-state index in [0.29, 0.717) is 18.2 Å². The zero-order valence-corrected chi connectivity index (χ0v) is 11.6. The van der Waals surface area contributed by atoms with Gasteiger partial charge in [-0.2, -0.15) is 0 Å². The van der Waals surface area contributed by atoms with Crippen molar-refractivity contribution >= 4 is 17.5 Å². The van der Waals surface area contributed by atoms with Crippen molar-refractivity contribution in [2.24, 2.45) is 0 Å². The third-order valence-electron chi connectivity index (χ3n) is 3.31. The maximum absolute atomic E-state index is 12.6. The molecule has 0 unspecified atom stereocenters. The number of amides is 1. The lowest BCUT2D eigenvalue weighted by Crippen LogP contribution is -2.32. The highest BCUT2D eigenvalue weighted by atomic mass is 35.5. The summed E-state index contributed by atoms with van der Waals surface area (Å²) >= 11 is 6.02. The number of nitrogens with zero attached hydrogens (tertiary/aromatic N) is 3. The van der Waals surface area contributed by atoms with Gasteiger partial charge in [0.2, 0.25) is 0 Å². The van der Waals surface area contributed by atoms with Crippen LogP contribution in [0.3, 0.4) is 0 Å². The minimum Gasteiger partial charge on any atom is -0.331 e. The zero-order valence-electron chi connectivity index (χ0n) is 10.9. The normalized spacial score (nSPS) is 14.1. The highest BCUT2D eigenvalue weighted by Gasteiger charge is 2.33. The summed E-state index contributed by atoms with van der Waals surface area (Å²) in [4.78, 5) is 22.6. The molecule has 0 spiro atoms. The number of aromatic nitrogens is 2. The molecule has 0 aromatic carbocycles. The molecular weight excluding hydrogens is 274 g/mol. The van der Waals surface area contributed by atoms with Crippen molar-refractivity contribution in [3.05, 3.63) is 59.1 Å². The number of hydrogen-bond donors (Lipinski definition) is 0. The minimum atomic E-state index is -0.0607. The summed E-state index contributed by atoms with van der Waals surface area (Å²) in [6.45, 7) is 0.558. The molecule has 102 valence electrons. The molecule has 2 aromatic rings. The van der Waals surface area contributed by atoms with E-state index in [9.17, 15) is 4.79 Å². The van der Waals surface area contributed by atoms with Crippen LogP contribution in [0.4, 0.5) is 0 Å². The first-order valence-corrected chi connectivity index (χ1v) is 6.94. The molecule has 1 saturated carbocycles. The average Bonchev–Trinajstić information content (AvgIpc) is 3.30. The topological polar surface area (TPSA) is 46.1 Å². The van der Waals surface area contributed by atoms with Gasteiger partial charge in [0.25, 0.3) is 5.91 Å². The molecule has 0 radical (unpaired) electrons. The predicted octanol–water partition coefficient (Wildman–Crippen LogP) is 2.93. The van der Waals surface area contributed by atoms with E-state index in [1.807, 2.05) is 17.0 Å². The predicted molar refractivity (Wildman–Crippen MR) is 76.4 cm³/mol. The molecular formula is C15H14ClN3O. The number of carbonyl (C=O) groups is 1. The maximum atomic E-state index is 12.6. The van der Waals surface area contributed by atoms with Gasteiger partial charge >= 0.3 is 0 Å². The van der Waals surface area contributed by atoms with Crippen LogP contribution in [0.1, 0.15) is 28.8 Å². The SMILES string of the molecule is O=C(c1cccnc1Cl)N(Cc1cccnc1)C1CC1. The van der Waals surface area contributed by atoms with Crippen molar-refractivity contribution in [3.63, 3.8) is 0 Å². The van der Waals surface area contributed by atoms with Gasteiger partial charge in [0, 0.05) is 31.2 Å². The molecule has 0 N–H and O–H groups in total. The van der Waals surface area contributed by atoms with E-state index in [2.05, 4.69) is 9.97 Å². The van der Waals surface area contributed by atoms with Gasteiger partial charge in [-0.3, -0.25) is 9.78 Å². The van der Waals surface area contributed by atoms with E-state index in [0.717, 1.165) is 18.4 Å². The molecule has 4 nitrogen and oxygen atoms in total. The number of pyridine rings is 2. The summed E-state index contributed by atoms with van der Waals surface area (Å²) in [7, 11) is 0. The molecule has 20 heavy (non-hydrogen) atoms. The van der Waals surface area contributed by atoms with Crippen molar-refractivity contribution in [1.82, 2.24) is 14.9 Å². The highest BCUT2D eigenvalue weighted by molar-refractivity contribution is 6.32. The van der Waals surface area contributed by atoms with Crippen LogP contribution in [-0.4, -0.2) is 26.8 Å². The third kappa shape index (κ3) is 2.80. The second-order valence-electron chi connectivity index (χ2n) is 4.87. The van der Waals surface area contributed by atoms with Crippen molar-refractivity contribution < 1.29 is 4.79 Å². The summed E-state index contributed by atoms with van der Waals surface area (Å²) < 4.78 is 0. The summed E-state index contributed by atoms with van der Waals surface area (Å²) in [5.41, 5.74) is 1.48. The van der Waals surface area contributed by atoms with Gasteiger partial charge in [0.05, 0.1) is 5.56 Å². The fourth-order valence-corrected chi connectivity index (χ4v) is 2.34. The smallest absolute Gasteiger partial charge is 0.257 e. The summed E-state index contributed by atoms with van der Waals surface area (Å²) in [6, 6.07) is 7.60. The third-order valence-corrected chi connectivity index (χ3v) is 3.61. The molecule has 1 aliphatic carbocycles. The molecule has 5 heteroatoms. The second-order valence-corrected chi connectivity index (χ2v) is 5.23. The first-order chi connectivity index (χ1) is 9.75. The Hall–Kier alpha value is -1.94. The van der Waals surface area contributed by atoms with E-state index >= 15 is 0 Å². The molecule has 3 rings (SSSR count). The van der Waals surface area contributed by atoms with Gasteiger partial charge < -0.3 is 4.90 Å². The van der Waals surface area contributed by atoms with Crippen LogP contribution in [0.2, 0.25) is 5.15 Å². The Kier molecular flexibility index (Phi) is 3.65. The van der Waals surface area contributed by atoms with Gasteiger partial charge in [0.1, 0.15) is 5.15 Å². The van der Waals surface area contributed by atoms with Gasteiger partial charge in [-0.25, -0.2) is 4.98 Å². The molecule has 1 aliphatic rings. The maximum Gasteiger partial charge on any atom is 0.257 e. The van der Waals surface area contributed by atoms with Crippen LogP contribution in [0.15, 0.2) is 42.9 Å². The van der Waals surface area contributed by atoms with Gasteiger partial charge in [0.15, 0.2) is 0 Å². The highest BCUT2D eigenvalue weighted by Crippen LogP contribution is 2.30. The first kappa shape index (κ1) is 13.1. The Bertz CT molecular complexity index is 614. The van der Waals surface area contributed by atoms with Gasteiger partial charge in [-0.1, -0.05) is 17.7 Å². The molecule has 1 amide bonds. The van der Waals surface area contributed by atoms with Gasteiger partial charge in [-0.15, -0.1) is 0 Å². The van der Waals surface area contributed by atoms with E-state index in [4.69, 9.17) is 11.6 Å². The molecule has 2 aromatic heterocycles. The quantitative estimate of drug-likeness (QED) is 0.812. The molecule has 0 atom stereocenters. The summed E-state index contributed by atoms with van der Waals surface area (Å²) in [5.74, 6) is -0.0607. The Labute approximate surface area is 122 Å². The van der Waals surface area contributed by atoms with Crippen molar-refractivity contribution in [3.8, 4) is 0 Å². The van der Waals surface area contributed by atoms with Crippen LogP contribution in [0, 0.1) is 0 Å². The second kappa shape index (κ2) is 5.59. The zero-order chi connectivity index (χ0) is 13.9. The number of carbonyl (C=O) groups excluding carboxylic acids is 1. The lowest BCUT2D eigenvalue weighted by Gasteiger charge is -2.22. The van der Waals surface area contributed by atoms with Gasteiger partial charge in [-0.05, 0) is 36.6 Å². The molecule has 0 aliphatic heterocycles. The van der Waals surface area contributed by atoms with Crippen LogP contribution >= 0.6 is 11.6 Å². The molecule has 0 bridgehead atoms. The number of halogens is 1. The lowest BCUT2D eigenvalue weighted by molar-refractivity contribution is 0.0729. The van der Waals surface area contributed by atoms with Crippen LogP contribution in [0.5, 0.6) is 0 Å². The average molecular weight is 288 g/mol. The van der Waals surface area contributed by atoms with E-state index in [1.54, 1.807) is 30.7 Å². The molecule has 2 heterocycles. The Morgan fingerprint density at radius 3 is 2.75 bits per heavy atom. The minimum absolute atomic E-state index is 0.0607. The van der Waals surface area contributed by atoms with E-state index in [-0.39, 0.29) is 11.1 Å². The fourth-order valence-electron chi connectivity index (χ4n) is 2.14. The van der Waals surface area contributed by atoms with Crippen molar-refractivity contribution in [1.29, 1.82) is 0 Å². The number of hydrogen-bond acceptors (Lipinski definition) is 3. The van der Waals surface area contributed by atoms with E-state index in [1.165, 1.54) is 0 Å². The Morgan fingerprint density at radius 2 is 2.10 bits per heavy atom. The lowest BCUT2D eigenvalue weighted by atomic mass is 10.2.